The predicted molar refractivity (Wildman–Crippen MR) is 66.5 cm³/mol. The number of carbonyl (C=O) groups is 1. The van der Waals surface area contributed by atoms with E-state index in [1.807, 2.05) is 6.92 Å². The van der Waals surface area contributed by atoms with Crippen LogP contribution in [-0.2, 0) is 21.6 Å². The smallest absolute Gasteiger partial charge is 0.863 e. The van der Waals surface area contributed by atoms with Crippen LogP contribution >= 0.6 is 0 Å². The van der Waals surface area contributed by atoms with Crippen molar-refractivity contribution in [1.29, 1.82) is 0 Å². The molecule has 0 saturated heterocycles. The molecule has 0 unspecified atom stereocenters. The Kier molecular flexibility index (Phi) is 34.8. The third-order valence-corrected chi connectivity index (χ3v) is 0.965. The summed E-state index contributed by atoms with van der Waals surface area (Å²) in [6.07, 6.45) is 1.72. The second-order valence-electron chi connectivity index (χ2n) is 2.27. The van der Waals surface area contributed by atoms with Crippen molar-refractivity contribution in [2.45, 2.75) is 6.92 Å². The van der Waals surface area contributed by atoms with E-state index < -0.39 is 25.0 Å². The molecule has 0 heterocycles. The summed E-state index contributed by atoms with van der Waals surface area (Å²) in [6, 6.07) is 0. The van der Waals surface area contributed by atoms with E-state index in [1.54, 1.807) is 6.21 Å². The maximum absolute atomic E-state index is 10.1. The Morgan fingerprint density at radius 1 is 1.42 bits per heavy atom. The number of nitrogens with zero attached hydrogens (tertiary/aromatic N) is 3. The van der Waals surface area contributed by atoms with Gasteiger partial charge in [-0.05, 0) is 13.1 Å². The molecule has 19 heavy (non-hydrogen) atoms. The van der Waals surface area contributed by atoms with Gasteiger partial charge in [-0.25, -0.2) is 0 Å². The van der Waals surface area contributed by atoms with Gasteiger partial charge in [0, 0.05) is 6.54 Å². The molecule has 0 radical (unpaired) electrons. The fourth-order valence-corrected chi connectivity index (χ4v) is 0.405. The van der Waals surface area contributed by atoms with Crippen molar-refractivity contribution in [1.82, 2.24) is 0 Å². The average Bonchev–Trinajstić information content (AvgIpc) is 2.35. The summed E-state index contributed by atoms with van der Waals surface area (Å²) in [7, 11) is 0. The van der Waals surface area contributed by atoms with Crippen LogP contribution in [-0.4, -0.2) is 49.4 Å². The van der Waals surface area contributed by atoms with Crippen molar-refractivity contribution in [3.05, 3.63) is 21.6 Å². The number of carboxylic acid groups (broad SMARTS) is 1. The zero-order chi connectivity index (χ0) is 14.8. The van der Waals surface area contributed by atoms with Gasteiger partial charge in [0.15, 0.2) is 0 Å². The Labute approximate surface area is 120 Å². The molecule has 0 aliphatic carbocycles. The van der Waals surface area contributed by atoms with Gasteiger partial charge in [-0.3, -0.25) is 14.8 Å². The van der Waals surface area contributed by atoms with Gasteiger partial charge in [-0.15, -0.1) is 18.4 Å². The van der Waals surface area contributed by atoms with E-state index in [0.29, 0.717) is 13.1 Å². The summed E-state index contributed by atoms with van der Waals surface area (Å²) < 4.78 is 0. The number of nitrogens with one attached hydrogen (secondary N) is 2. The topological polar surface area (TPSA) is 185 Å². The second-order valence-corrected chi connectivity index (χ2v) is 2.27. The third-order valence-electron chi connectivity index (χ3n) is 0.965. The molecule has 3 N–H and O–H groups in total. The van der Waals surface area contributed by atoms with Gasteiger partial charge in [0.25, 0.3) is 0 Å². The maximum Gasteiger partial charge on any atom is 3.00 e. The van der Waals surface area contributed by atoms with Crippen LogP contribution in [0.15, 0.2) is 15.3 Å². The Bertz CT molecular complexity index is 262. The van der Waals surface area contributed by atoms with Crippen molar-refractivity contribution in [2.75, 3.05) is 26.2 Å². The molecule has 0 spiro atoms. The quantitative estimate of drug-likeness (QED) is 0.329. The number of hydrogen-bond acceptors (Lipinski definition) is 7. The number of aliphatic carboxylic acids is 1. The summed E-state index contributed by atoms with van der Waals surface area (Å²) in [6.45, 7) is 1.90. The van der Waals surface area contributed by atoms with Crippen LogP contribution in [0.3, 0.4) is 0 Å². The van der Waals surface area contributed by atoms with Crippen LogP contribution in [0.5, 0.6) is 0 Å². The van der Waals surface area contributed by atoms with Gasteiger partial charge in [0.2, 0.25) is 0 Å². The summed E-state index contributed by atoms with van der Waals surface area (Å²) >= 11 is 0. The minimum Gasteiger partial charge on any atom is -0.863 e. The van der Waals surface area contributed by atoms with Crippen LogP contribution in [0.2, 0.25) is 0 Å². The van der Waals surface area contributed by atoms with Gasteiger partial charge in [0.1, 0.15) is 6.54 Å². The van der Waals surface area contributed by atoms with E-state index in [9.17, 15) is 9.90 Å². The molecular formula is C8H15CoN5O5-. The van der Waals surface area contributed by atoms with E-state index in [1.165, 1.54) is 0 Å². The van der Waals surface area contributed by atoms with E-state index in [-0.39, 0.29) is 16.8 Å². The molecule has 0 bridgehead atoms. The number of rotatable bonds is 5. The zero-order valence-corrected chi connectivity index (χ0v) is 11.2. The SMILES string of the molecule is CC=NCC[NH-].O=N[O-].[Co+3].[NH-]CC([O-])=NCC(=O)O. The van der Waals surface area contributed by atoms with Crippen LogP contribution < -0.4 is 5.11 Å². The maximum atomic E-state index is 10.1. The second kappa shape index (κ2) is 25.3. The van der Waals surface area contributed by atoms with Gasteiger partial charge >= 0.3 is 22.7 Å². The minimum atomic E-state index is -1.16. The number of hydrogen-bond donors (Lipinski definition) is 1. The van der Waals surface area contributed by atoms with E-state index in [0.717, 1.165) is 5.34 Å². The third kappa shape index (κ3) is 48.1. The largest absolute Gasteiger partial charge is 3.00 e. The first-order valence-electron chi connectivity index (χ1n) is 4.60. The Morgan fingerprint density at radius 2 is 1.89 bits per heavy atom. The van der Waals surface area contributed by atoms with Crippen LogP contribution in [0.1, 0.15) is 6.92 Å². The molecule has 0 aliphatic heterocycles. The molecule has 0 rings (SSSR count). The molecule has 112 valence electrons. The average molecular weight is 320 g/mol. The Morgan fingerprint density at radius 3 is 2.11 bits per heavy atom. The van der Waals surface area contributed by atoms with Crippen LogP contribution in [0.25, 0.3) is 11.5 Å². The van der Waals surface area contributed by atoms with Crippen molar-refractivity contribution in [3.8, 4) is 0 Å². The van der Waals surface area contributed by atoms with Crippen molar-refractivity contribution in [2.24, 2.45) is 15.3 Å². The van der Waals surface area contributed by atoms with Gasteiger partial charge < -0.3 is 31.8 Å². The monoisotopic (exact) mass is 320 g/mol. The van der Waals surface area contributed by atoms with E-state index >= 15 is 0 Å². The van der Waals surface area contributed by atoms with Crippen LogP contribution in [0.4, 0.5) is 0 Å². The van der Waals surface area contributed by atoms with Gasteiger partial charge in [0.05, 0.1) is 0 Å². The standard InChI is InChI=1S/C4H7N2O3.C4H9N2.Co.HNO2/c5-1-3(7)6-2-4(8)9;1-2-6-4-3-5;;2-1-3/h5H,1-2H2,(H,6,7)(H,8,9);2,5H,3-4H2,1H3;;(H,2,3)/q2*-1;+3;/p-2. The Balaban J connectivity index is -0.0000000982. The molecular weight excluding hydrogens is 305 g/mol. The molecule has 0 saturated carbocycles. The molecule has 10 nitrogen and oxygen atoms in total. The summed E-state index contributed by atoms with van der Waals surface area (Å²) in [4.78, 5) is 24.5. The van der Waals surface area contributed by atoms with Crippen LogP contribution in [0, 0.1) is 10.1 Å². The molecule has 0 aromatic carbocycles. The fraction of sp³-hybridized carbons (Fsp3) is 0.625. The van der Waals surface area contributed by atoms with Gasteiger partial charge in [-0.2, -0.15) is 0 Å². The zero-order valence-electron chi connectivity index (χ0n) is 10.2. The molecule has 0 fully saturated rings. The number of carboxylic acids is 1. The molecule has 0 amide bonds. The van der Waals surface area contributed by atoms with Crippen molar-refractivity contribution >= 4 is 18.1 Å². The molecule has 0 aromatic rings. The predicted octanol–water partition coefficient (Wildman–Crippen LogP) is 0.259. The van der Waals surface area contributed by atoms with Gasteiger partial charge in [-0.1, -0.05) is 5.90 Å². The Hall–Kier alpha value is -1.56. The molecule has 11 heteroatoms. The molecule has 0 aliphatic rings. The normalized spacial score (nSPS) is 9.32. The summed E-state index contributed by atoms with van der Waals surface area (Å²) in [5, 5.41) is 27.0. The van der Waals surface area contributed by atoms with E-state index in [2.05, 4.69) is 9.98 Å². The first kappa shape index (κ1) is 26.1. The van der Waals surface area contributed by atoms with Crippen molar-refractivity contribution < 1.29 is 31.8 Å². The summed E-state index contributed by atoms with van der Waals surface area (Å²) in [5.74, 6) is -1.85. The molecule has 0 aromatic heterocycles. The minimum absolute atomic E-state index is 0. The molecule has 0 atom stereocenters. The summed E-state index contributed by atoms with van der Waals surface area (Å²) in [5.41, 5.74) is 13.0. The van der Waals surface area contributed by atoms with E-state index in [4.69, 9.17) is 26.7 Å². The first-order valence-corrected chi connectivity index (χ1v) is 4.60. The first-order chi connectivity index (χ1) is 8.49. The van der Waals surface area contributed by atoms with Crippen molar-refractivity contribution in [3.63, 3.8) is 0 Å². The fourth-order valence-electron chi connectivity index (χ4n) is 0.405. The number of aliphatic imine (C=N–C) groups is 2.